The molecule has 0 fully saturated rings. The molecule has 2 aromatic rings. The van der Waals surface area contributed by atoms with E-state index in [0.717, 1.165) is 5.56 Å². The summed E-state index contributed by atoms with van der Waals surface area (Å²) < 4.78 is 28.6. The van der Waals surface area contributed by atoms with Crippen LogP contribution in [0.4, 0.5) is 11.4 Å². The van der Waals surface area contributed by atoms with Crippen LogP contribution in [0.15, 0.2) is 47.4 Å². The molecule has 2 aromatic carbocycles. The summed E-state index contributed by atoms with van der Waals surface area (Å²) in [7, 11) is -1.70. The first-order valence-electron chi connectivity index (χ1n) is 6.37. The number of para-hydroxylation sites is 1. The average molecular weight is 306 g/mol. The zero-order valence-electron chi connectivity index (χ0n) is 12.0. The molecular formula is C15H18N2O3S. The number of ether oxygens (including phenoxy) is 1. The van der Waals surface area contributed by atoms with E-state index in [1.54, 1.807) is 43.5 Å². The van der Waals surface area contributed by atoms with Gasteiger partial charge in [-0.3, -0.25) is 0 Å². The average Bonchev–Trinajstić information content (AvgIpc) is 2.44. The van der Waals surface area contributed by atoms with Gasteiger partial charge in [0.05, 0.1) is 23.4 Å². The topological polar surface area (TPSA) is 81.4 Å². The summed E-state index contributed by atoms with van der Waals surface area (Å²) in [5.74, 6) is 0.621. The molecule has 0 aliphatic carbocycles. The Labute approximate surface area is 124 Å². The van der Waals surface area contributed by atoms with Gasteiger partial charge in [0.15, 0.2) is 9.84 Å². The predicted molar refractivity (Wildman–Crippen MR) is 84.3 cm³/mol. The molecule has 0 spiro atoms. The van der Waals surface area contributed by atoms with E-state index in [9.17, 15) is 8.42 Å². The highest BCUT2D eigenvalue weighted by Crippen LogP contribution is 2.24. The van der Waals surface area contributed by atoms with E-state index in [0.29, 0.717) is 23.7 Å². The molecule has 0 aliphatic heterocycles. The molecule has 0 radical (unpaired) electrons. The number of hydrogen-bond acceptors (Lipinski definition) is 5. The standard InChI is InChI=1S/C15H18N2O3S/c1-20-14-8-7-11(9-12(14)16)10-17-13-5-3-4-6-15(13)21(2,18)19/h3-9,17H,10,16H2,1-2H3. The van der Waals surface area contributed by atoms with Crippen LogP contribution in [0, 0.1) is 0 Å². The molecule has 0 aromatic heterocycles. The molecule has 0 saturated heterocycles. The lowest BCUT2D eigenvalue weighted by Gasteiger charge is -2.12. The van der Waals surface area contributed by atoms with Gasteiger partial charge in [-0.15, -0.1) is 0 Å². The molecule has 112 valence electrons. The van der Waals surface area contributed by atoms with Crippen molar-refractivity contribution >= 4 is 21.2 Å². The Morgan fingerprint density at radius 1 is 1.19 bits per heavy atom. The number of nitrogen functional groups attached to an aromatic ring is 1. The van der Waals surface area contributed by atoms with Gasteiger partial charge in [0, 0.05) is 12.8 Å². The number of nitrogens with one attached hydrogen (secondary N) is 1. The summed E-state index contributed by atoms with van der Waals surface area (Å²) in [6, 6.07) is 12.3. The normalized spacial score (nSPS) is 11.1. The quantitative estimate of drug-likeness (QED) is 0.828. The summed E-state index contributed by atoms with van der Waals surface area (Å²) >= 11 is 0. The van der Waals surface area contributed by atoms with Crippen LogP contribution in [0.5, 0.6) is 5.75 Å². The van der Waals surface area contributed by atoms with Crippen molar-refractivity contribution < 1.29 is 13.2 Å². The molecule has 0 bridgehead atoms. The van der Waals surface area contributed by atoms with Gasteiger partial charge in [-0.25, -0.2) is 8.42 Å². The number of anilines is 2. The van der Waals surface area contributed by atoms with E-state index in [2.05, 4.69) is 5.32 Å². The zero-order valence-corrected chi connectivity index (χ0v) is 12.8. The van der Waals surface area contributed by atoms with Crippen LogP contribution in [0.3, 0.4) is 0 Å². The minimum absolute atomic E-state index is 0.284. The summed E-state index contributed by atoms with van der Waals surface area (Å²) in [5.41, 5.74) is 7.92. The largest absolute Gasteiger partial charge is 0.495 e. The molecule has 5 nitrogen and oxygen atoms in total. The fourth-order valence-corrected chi connectivity index (χ4v) is 2.89. The lowest BCUT2D eigenvalue weighted by molar-refractivity contribution is 0.417. The van der Waals surface area contributed by atoms with Gasteiger partial charge in [0.1, 0.15) is 5.75 Å². The van der Waals surface area contributed by atoms with E-state index in [4.69, 9.17) is 10.5 Å². The minimum atomic E-state index is -3.26. The lowest BCUT2D eigenvalue weighted by atomic mass is 10.2. The van der Waals surface area contributed by atoms with Crippen LogP contribution in [0.25, 0.3) is 0 Å². The van der Waals surface area contributed by atoms with Crippen LogP contribution >= 0.6 is 0 Å². The fraction of sp³-hybridized carbons (Fsp3) is 0.200. The Kier molecular flexibility index (Phi) is 4.37. The number of rotatable bonds is 5. The summed E-state index contributed by atoms with van der Waals surface area (Å²) in [6.07, 6.45) is 1.19. The maximum atomic E-state index is 11.7. The van der Waals surface area contributed by atoms with Crippen molar-refractivity contribution in [2.24, 2.45) is 0 Å². The molecule has 3 N–H and O–H groups in total. The molecule has 0 amide bonds. The van der Waals surface area contributed by atoms with Crippen molar-refractivity contribution in [3.63, 3.8) is 0 Å². The van der Waals surface area contributed by atoms with Crippen molar-refractivity contribution in [3.05, 3.63) is 48.0 Å². The molecule has 21 heavy (non-hydrogen) atoms. The van der Waals surface area contributed by atoms with Gasteiger partial charge in [0.25, 0.3) is 0 Å². The number of sulfone groups is 1. The first-order valence-corrected chi connectivity index (χ1v) is 8.26. The summed E-state index contributed by atoms with van der Waals surface area (Å²) in [6.45, 7) is 0.473. The number of methoxy groups -OCH3 is 1. The maximum absolute atomic E-state index is 11.7. The molecule has 0 heterocycles. The summed E-state index contributed by atoms with van der Waals surface area (Å²) in [4.78, 5) is 0.284. The van der Waals surface area contributed by atoms with Crippen molar-refractivity contribution in [2.45, 2.75) is 11.4 Å². The van der Waals surface area contributed by atoms with E-state index < -0.39 is 9.84 Å². The van der Waals surface area contributed by atoms with Crippen molar-refractivity contribution in [1.29, 1.82) is 0 Å². The number of hydrogen-bond donors (Lipinski definition) is 2. The molecule has 0 atom stereocenters. The lowest BCUT2D eigenvalue weighted by Crippen LogP contribution is -2.06. The van der Waals surface area contributed by atoms with Crippen LogP contribution in [0.2, 0.25) is 0 Å². The highest BCUT2D eigenvalue weighted by atomic mass is 32.2. The fourth-order valence-electron chi connectivity index (χ4n) is 2.03. The van der Waals surface area contributed by atoms with Gasteiger partial charge in [-0.05, 0) is 29.8 Å². The number of benzene rings is 2. The minimum Gasteiger partial charge on any atom is -0.495 e. The molecule has 0 unspecified atom stereocenters. The molecule has 0 saturated carbocycles. The molecule has 0 aliphatic rings. The second-order valence-electron chi connectivity index (χ2n) is 4.70. The van der Waals surface area contributed by atoms with Crippen molar-refractivity contribution in [3.8, 4) is 5.75 Å². The molecular weight excluding hydrogens is 288 g/mol. The third-order valence-electron chi connectivity index (χ3n) is 3.06. The van der Waals surface area contributed by atoms with E-state index in [1.807, 2.05) is 6.07 Å². The second-order valence-corrected chi connectivity index (χ2v) is 6.68. The SMILES string of the molecule is COc1ccc(CNc2ccccc2S(C)(=O)=O)cc1N. The van der Waals surface area contributed by atoms with Gasteiger partial charge < -0.3 is 15.8 Å². The van der Waals surface area contributed by atoms with Crippen LogP contribution in [-0.2, 0) is 16.4 Å². The Hall–Kier alpha value is -2.21. The van der Waals surface area contributed by atoms with Gasteiger partial charge >= 0.3 is 0 Å². The third-order valence-corrected chi connectivity index (χ3v) is 4.22. The van der Waals surface area contributed by atoms with Crippen LogP contribution in [0.1, 0.15) is 5.56 Å². The van der Waals surface area contributed by atoms with Crippen molar-refractivity contribution in [1.82, 2.24) is 0 Å². The second kappa shape index (κ2) is 6.05. The number of nitrogens with two attached hydrogens (primary N) is 1. The van der Waals surface area contributed by atoms with Crippen LogP contribution in [-0.4, -0.2) is 21.8 Å². The van der Waals surface area contributed by atoms with E-state index >= 15 is 0 Å². The van der Waals surface area contributed by atoms with Gasteiger partial charge in [0.2, 0.25) is 0 Å². The predicted octanol–water partition coefficient (Wildman–Crippen LogP) is 2.29. The highest BCUT2D eigenvalue weighted by molar-refractivity contribution is 7.90. The Balaban J connectivity index is 2.19. The zero-order chi connectivity index (χ0) is 15.5. The van der Waals surface area contributed by atoms with E-state index in [-0.39, 0.29) is 4.90 Å². The third kappa shape index (κ3) is 3.66. The maximum Gasteiger partial charge on any atom is 0.177 e. The Morgan fingerprint density at radius 2 is 1.90 bits per heavy atom. The monoisotopic (exact) mass is 306 g/mol. The van der Waals surface area contributed by atoms with Crippen LogP contribution < -0.4 is 15.8 Å². The first kappa shape index (κ1) is 15.2. The highest BCUT2D eigenvalue weighted by Gasteiger charge is 2.12. The van der Waals surface area contributed by atoms with E-state index in [1.165, 1.54) is 6.26 Å². The molecule has 2 rings (SSSR count). The van der Waals surface area contributed by atoms with Crippen molar-refractivity contribution in [2.75, 3.05) is 24.4 Å². The summed E-state index contributed by atoms with van der Waals surface area (Å²) in [5, 5.41) is 3.13. The van der Waals surface area contributed by atoms with Gasteiger partial charge in [-0.2, -0.15) is 0 Å². The smallest absolute Gasteiger partial charge is 0.177 e. The molecule has 6 heteroatoms. The Morgan fingerprint density at radius 3 is 2.52 bits per heavy atom. The Bertz CT molecular complexity index is 742. The first-order chi connectivity index (χ1) is 9.91. The van der Waals surface area contributed by atoms with Gasteiger partial charge in [-0.1, -0.05) is 18.2 Å².